The summed E-state index contributed by atoms with van der Waals surface area (Å²) < 4.78 is 5.08. The number of aromatic nitrogens is 1. The van der Waals surface area contributed by atoms with Gasteiger partial charge in [0, 0.05) is 24.8 Å². The van der Waals surface area contributed by atoms with Gasteiger partial charge in [-0.3, -0.25) is 14.7 Å². The van der Waals surface area contributed by atoms with E-state index in [0.717, 1.165) is 25.1 Å². The van der Waals surface area contributed by atoms with E-state index in [1.54, 1.807) is 0 Å². The minimum absolute atomic E-state index is 0.0115. The van der Waals surface area contributed by atoms with Gasteiger partial charge in [-0.2, -0.15) is 0 Å². The van der Waals surface area contributed by atoms with Gasteiger partial charge >= 0.3 is 5.97 Å². The molecule has 0 radical (unpaired) electrons. The first-order chi connectivity index (χ1) is 10.3. The second-order valence-electron chi connectivity index (χ2n) is 6.34. The first-order valence-corrected chi connectivity index (χ1v) is 7.73. The maximum atomic E-state index is 12.3. The largest absolute Gasteiger partial charge is 0.469 e. The molecule has 0 saturated carbocycles. The van der Waals surface area contributed by atoms with Gasteiger partial charge in [0.15, 0.2) is 0 Å². The molecule has 4 nitrogen and oxygen atoms in total. The lowest BCUT2D eigenvalue weighted by atomic mass is 9.71. The molecule has 5 unspecified atom stereocenters. The second kappa shape index (κ2) is 4.95. The molecule has 4 bridgehead atoms. The highest BCUT2D eigenvalue weighted by Gasteiger charge is 2.55. The minimum Gasteiger partial charge on any atom is -0.469 e. The Morgan fingerprint density at radius 1 is 1.43 bits per heavy atom. The van der Waals surface area contributed by atoms with Crippen LogP contribution in [0.1, 0.15) is 25.0 Å². The number of carbonyl (C=O) groups is 1. The van der Waals surface area contributed by atoms with Gasteiger partial charge in [0.25, 0.3) is 0 Å². The molecule has 5 atom stereocenters. The maximum absolute atomic E-state index is 12.3. The number of esters is 1. The number of piperidine rings is 3. The van der Waals surface area contributed by atoms with E-state index in [2.05, 4.69) is 16.0 Å². The van der Waals surface area contributed by atoms with Crippen molar-refractivity contribution in [3.8, 4) is 0 Å². The van der Waals surface area contributed by atoms with Crippen LogP contribution in [-0.2, 0) is 9.53 Å². The molecular formula is C17H20N2O2. The minimum atomic E-state index is -0.0398. The van der Waals surface area contributed by atoms with Crippen molar-refractivity contribution >= 4 is 12.0 Å². The van der Waals surface area contributed by atoms with E-state index < -0.39 is 0 Å². The number of fused-ring (bicyclic) bond motifs is 1. The van der Waals surface area contributed by atoms with Gasteiger partial charge in [-0.1, -0.05) is 6.07 Å². The van der Waals surface area contributed by atoms with Gasteiger partial charge in [-0.05, 0) is 49.0 Å². The number of methoxy groups -OCH3 is 1. The average Bonchev–Trinajstić information content (AvgIpc) is 2.83. The molecule has 4 aliphatic heterocycles. The highest BCUT2D eigenvalue weighted by molar-refractivity contribution is 5.75. The van der Waals surface area contributed by atoms with Crippen LogP contribution in [-0.4, -0.2) is 41.6 Å². The van der Waals surface area contributed by atoms with Crippen molar-refractivity contribution in [2.45, 2.75) is 31.3 Å². The van der Waals surface area contributed by atoms with Crippen molar-refractivity contribution in [3.05, 3.63) is 35.7 Å². The Balaban J connectivity index is 1.69. The van der Waals surface area contributed by atoms with Crippen LogP contribution >= 0.6 is 0 Å². The van der Waals surface area contributed by atoms with Gasteiger partial charge < -0.3 is 4.74 Å². The number of ether oxygens (including phenoxy) is 1. The molecule has 4 saturated heterocycles. The third-order valence-corrected chi connectivity index (χ3v) is 5.40. The predicted octanol–water partition coefficient (Wildman–Crippen LogP) is 2.12. The lowest BCUT2D eigenvalue weighted by molar-refractivity contribution is -0.153. The van der Waals surface area contributed by atoms with E-state index in [0.29, 0.717) is 18.0 Å². The Labute approximate surface area is 124 Å². The molecular weight excluding hydrogens is 264 g/mol. The monoisotopic (exact) mass is 284 g/mol. The highest BCUT2D eigenvalue weighted by atomic mass is 16.5. The molecule has 21 heavy (non-hydrogen) atoms. The fourth-order valence-corrected chi connectivity index (χ4v) is 4.53. The van der Waals surface area contributed by atoms with E-state index in [1.807, 2.05) is 24.4 Å². The van der Waals surface area contributed by atoms with Crippen LogP contribution in [0.2, 0.25) is 0 Å². The summed E-state index contributed by atoms with van der Waals surface area (Å²) in [5.41, 5.74) is 2.33. The standard InChI is InChI=1S/C17H20N2O2/c1-21-17(20)16-14-9-13-5-6-15(16)19(13)10-11(14)8-12-4-2-3-7-18-12/h2-4,7-8,13-16H,5-6,9-10H2,1H3/b11-8+. The average molecular weight is 284 g/mol. The summed E-state index contributed by atoms with van der Waals surface area (Å²) in [6.07, 6.45) is 7.44. The van der Waals surface area contributed by atoms with Gasteiger partial charge in [-0.25, -0.2) is 0 Å². The van der Waals surface area contributed by atoms with Gasteiger partial charge in [0.05, 0.1) is 18.7 Å². The Kier molecular flexibility index (Phi) is 3.07. The molecule has 5 heterocycles. The summed E-state index contributed by atoms with van der Waals surface area (Å²) in [7, 11) is 1.51. The first kappa shape index (κ1) is 13.0. The highest BCUT2D eigenvalue weighted by Crippen LogP contribution is 2.50. The van der Waals surface area contributed by atoms with Crippen LogP contribution in [0.15, 0.2) is 30.0 Å². The first-order valence-electron chi connectivity index (χ1n) is 7.73. The summed E-state index contributed by atoms with van der Waals surface area (Å²) in [6.45, 7) is 0.990. The third-order valence-electron chi connectivity index (χ3n) is 5.40. The van der Waals surface area contributed by atoms with E-state index in [1.165, 1.54) is 19.1 Å². The van der Waals surface area contributed by atoms with Crippen molar-refractivity contribution < 1.29 is 9.53 Å². The van der Waals surface area contributed by atoms with E-state index >= 15 is 0 Å². The van der Waals surface area contributed by atoms with Crippen LogP contribution < -0.4 is 0 Å². The number of carbonyl (C=O) groups excluding carboxylic acids is 1. The van der Waals surface area contributed by atoms with Crippen LogP contribution in [0.25, 0.3) is 6.08 Å². The Hall–Kier alpha value is -1.68. The zero-order valence-corrected chi connectivity index (χ0v) is 12.2. The number of nitrogens with zero attached hydrogens (tertiary/aromatic N) is 2. The quantitative estimate of drug-likeness (QED) is 0.780. The SMILES string of the molecule is COC(=O)C1C2CC3CCC1N3C/C2=C\c1ccccn1. The summed E-state index contributed by atoms with van der Waals surface area (Å²) >= 11 is 0. The summed E-state index contributed by atoms with van der Waals surface area (Å²) in [6, 6.07) is 7.01. The molecule has 0 spiro atoms. The number of rotatable bonds is 2. The summed E-state index contributed by atoms with van der Waals surface area (Å²) in [5.74, 6) is 0.307. The van der Waals surface area contributed by atoms with E-state index in [9.17, 15) is 4.79 Å². The summed E-state index contributed by atoms with van der Waals surface area (Å²) in [5, 5.41) is 0. The van der Waals surface area contributed by atoms with Crippen LogP contribution in [0, 0.1) is 11.8 Å². The topological polar surface area (TPSA) is 42.4 Å². The Bertz CT molecular complexity index is 584. The molecule has 4 fully saturated rings. The van der Waals surface area contributed by atoms with E-state index in [4.69, 9.17) is 4.74 Å². The van der Waals surface area contributed by atoms with Crippen LogP contribution in [0.4, 0.5) is 0 Å². The fraction of sp³-hybridized carbons (Fsp3) is 0.529. The molecule has 1 aromatic heterocycles. The smallest absolute Gasteiger partial charge is 0.310 e. The third kappa shape index (κ3) is 2.01. The van der Waals surface area contributed by atoms with E-state index in [-0.39, 0.29) is 11.9 Å². The van der Waals surface area contributed by atoms with Gasteiger partial charge in [-0.15, -0.1) is 0 Å². The lowest BCUT2D eigenvalue weighted by Crippen LogP contribution is -2.58. The van der Waals surface area contributed by atoms with Crippen molar-refractivity contribution in [3.63, 3.8) is 0 Å². The summed E-state index contributed by atoms with van der Waals surface area (Å²) in [4.78, 5) is 19.2. The zero-order valence-electron chi connectivity index (χ0n) is 12.2. The molecule has 0 N–H and O–H groups in total. The maximum Gasteiger partial charge on any atom is 0.310 e. The lowest BCUT2D eigenvalue weighted by Gasteiger charge is -2.50. The molecule has 0 amide bonds. The van der Waals surface area contributed by atoms with Crippen molar-refractivity contribution in [1.82, 2.24) is 9.88 Å². The molecule has 4 aliphatic rings. The second-order valence-corrected chi connectivity index (χ2v) is 6.34. The Morgan fingerprint density at radius 3 is 3.10 bits per heavy atom. The molecule has 4 heteroatoms. The van der Waals surface area contributed by atoms with Crippen molar-refractivity contribution in [1.29, 1.82) is 0 Å². The molecule has 5 rings (SSSR count). The molecule has 0 aliphatic carbocycles. The van der Waals surface area contributed by atoms with Crippen molar-refractivity contribution in [2.75, 3.05) is 13.7 Å². The Morgan fingerprint density at radius 2 is 2.33 bits per heavy atom. The molecule has 110 valence electrons. The zero-order chi connectivity index (χ0) is 14.4. The number of hydrogen-bond donors (Lipinski definition) is 0. The normalized spacial score (nSPS) is 38.7. The number of pyridine rings is 1. The van der Waals surface area contributed by atoms with Gasteiger partial charge in [0.2, 0.25) is 0 Å². The van der Waals surface area contributed by atoms with Crippen LogP contribution in [0.5, 0.6) is 0 Å². The fourth-order valence-electron chi connectivity index (χ4n) is 4.53. The van der Waals surface area contributed by atoms with Crippen LogP contribution in [0.3, 0.4) is 0 Å². The molecule has 0 aromatic carbocycles. The molecule has 1 aromatic rings. The number of hydrogen-bond acceptors (Lipinski definition) is 4. The predicted molar refractivity (Wildman–Crippen MR) is 79.3 cm³/mol. The van der Waals surface area contributed by atoms with Gasteiger partial charge in [0.1, 0.15) is 0 Å². The van der Waals surface area contributed by atoms with Crippen molar-refractivity contribution in [2.24, 2.45) is 11.8 Å².